The fourth-order valence-corrected chi connectivity index (χ4v) is 3.92. The maximum atomic E-state index is 13.3. The van der Waals surface area contributed by atoms with Gasteiger partial charge in [-0.3, -0.25) is 4.79 Å². The molecule has 1 N–H and O–H groups in total. The van der Waals surface area contributed by atoms with Crippen LogP contribution in [0.4, 0.5) is 36.8 Å². The minimum absolute atomic E-state index is 0.0460. The SMILES string of the molecule is C=C(c1ccccc1)c1ccc(OC(=O)N2CCOCC2)c(C(=O)Nc2cc(C(F)(F)F)cc(C(F)(F)F)c2)c1. The van der Waals surface area contributed by atoms with Gasteiger partial charge in [0.15, 0.2) is 0 Å². The minimum Gasteiger partial charge on any atom is -0.409 e. The highest BCUT2D eigenvalue weighted by molar-refractivity contribution is 6.07. The molecule has 2 amide bonds. The molecular formula is C28H22F6N2O4. The summed E-state index contributed by atoms with van der Waals surface area (Å²) in [6, 6.07) is 13.7. The van der Waals surface area contributed by atoms with Crippen molar-refractivity contribution in [2.75, 3.05) is 31.6 Å². The van der Waals surface area contributed by atoms with E-state index in [4.69, 9.17) is 9.47 Å². The number of carbonyl (C=O) groups is 2. The largest absolute Gasteiger partial charge is 0.416 e. The summed E-state index contributed by atoms with van der Waals surface area (Å²) in [5.74, 6) is -1.35. The number of benzene rings is 3. The average molecular weight is 564 g/mol. The number of carbonyl (C=O) groups excluding carboxylic acids is 2. The number of hydrogen-bond donors (Lipinski definition) is 1. The Morgan fingerprint density at radius 3 is 2.00 bits per heavy atom. The van der Waals surface area contributed by atoms with Crippen LogP contribution in [0.25, 0.3) is 5.57 Å². The number of nitrogens with one attached hydrogen (secondary N) is 1. The van der Waals surface area contributed by atoms with Gasteiger partial charge in [-0.15, -0.1) is 0 Å². The van der Waals surface area contributed by atoms with Gasteiger partial charge in [0.1, 0.15) is 5.75 Å². The van der Waals surface area contributed by atoms with E-state index in [2.05, 4.69) is 11.9 Å². The third-order valence-electron chi connectivity index (χ3n) is 6.01. The van der Waals surface area contributed by atoms with Crippen molar-refractivity contribution in [1.29, 1.82) is 0 Å². The van der Waals surface area contributed by atoms with Crippen molar-refractivity contribution in [1.82, 2.24) is 4.90 Å². The van der Waals surface area contributed by atoms with Crippen LogP contribution in [0.1, 0.15) is 32.6 Å². The zero-order chi connectivity index (χ0) is 29.1. The summed E-state index contributed by atoms with van der Waals surface area (Å²) in [5, 5.41) is 2.09. The maximum absolute atomic E-state index is 13.3. The molecule has 4 rings (SSSR count). The second-order valence-electron chi connectivity index (χ2n) is 8.77. The topological polar surface area (TPSA) is 67.9 Å². The number of alkyl halides is 6. The molecule has 0 radical (unpaired) electrons. The van der Waals surface area contributed by atoms with Crippen LogP contribution < -0.4 is 10.1 Å². The third kappa shape index (κ3) is 6.81. The van der Waals surface area contributed by atoms with Gasteiger partial charge in [0.25, 0.3) is 5.91 Å². The first-order valence-electron chi connectivity index (χ1n) is 11.9. The second-order valence-corrected chi connectivity index (χ2v) is 8.77. The van der Waals surface area contributed by atoms with E-state index in [1.54, 1.807) is 30.3 Å². The van der Waals surface area contributed by atoms with Crippen molar-refractivity contribution >= 4 is 23.3 Å². The fourth-order valence-electron chi connectivity index (χ4n) is 3.92. The van der Waals surface area contributed by atoms with Crippen molar-refractivity contribution in [2.24, 2.45) is 0 Å². The van der Waals surface area contributed by atoms with Crippen LogP contribution >= 0.6 is 0 Å². The molecule has 3 aromatic rings. The van der Waals surface area contributed by atoms with E-state index in [1.807, 2.05) is 0 Å². The maximum Gasteiger partial charge on any atom is 0.416 e. The van der Waals surface area contributed by atoms with Gasteiger partial charge in [-0.05, 0) is 47.0 Å². The molecule has 0 bridgehead atoms. The number of halogens is 6. The lowest BCUT2D eigenvalue weighted by Crippen LogP contribution is -2.42. The van der Waals surface area contributed by atoms with E-state index >= 15 is 0 Å². The van der Waals surface area contributed by atoms with E-state index in [0.29, 0.717) is 28.8 Å². The monoisotopic (exact) mass is 564 g/mol. The molecule has 1 aliphatic heterocycles. The summed E-state index contributed by atoms with van der Waals surface area (Å²) < 4.78 is 90.6. The van der Waals surface area contributed by atoms with Crippen LogP contribution in [0.2, 0.25) is 0 Å². The molecule has 6 nitrogen and oxygen atoms in total. The molecule has 1 heterocycles. The van der Waals surface area contributed by atoms with Crippen LogP contribution in [0.3, 0.4) is 0 Å². The first-order chi connectivity index (χ1) is 18.8. The van der Waals surface area contributed by atoms with Crippen molar-refractivity contribution in [3.8, 4) is 5.75 Å². The van der Waals surface area contributed by atoms with Crippen molar-refractivity contribution in [3.05, 3.63) is 101 Å². The van der Waals surface area contributed by atoms with Crippen molar-refractivity contribution in [3.63, 3.8) is 0 Å². The summed E-state index contributed by atoms with van der Waals surface area (Å²) in [4.78, 5) is 27.3. The first-order valence-corrected chi connectivity index (χ1v) is 11.9. The number of morpholine rings is 1. The Morgan fingerprint density at radius 2 is 1.43 bits per heavy atom. The van der Waals surface area contributed by atoms with E-state index in [0.717, 1.165) is 0 Å². The summed E-state index contributed by atoms with van der Waals surface area (Å²) in [6.45, 7) is 5.02. The summed E-state index contributed by atoms with van der Waals surface area (Å²) in [5.41, 5.74) is -2.67. The zero-order valence-corrected chi connectivity index (χ0v) is 20.7. The van der Waals surface area contributed by atoms with Crippen LogP contribution in [-0.4, -0.2) is 43.2 Å². The first kappa shape index (κ1) is 28.7. The number of hydrogen-bond acceptors (Lipinski definition) is 4. The van der Waals surface area contributed by atoms with Crippen LogP contribution in [0, 0.1) is 0 Å². The Bertz CT molecular complexity index is 1380. The highest BCUT2D eigenvalue weighted by Gasteiger charge is 2.37. The molecule has 3 aromatic carbocycles. The fraction of sp³-hybridized carbons (Fsp3) is 0.214. The van der Waals surface area contributed by atoms with Gasteiger partial charge < -0.3 is 19.7 Å². The molecule has 1 aliphatic rings. The van der Waals surface area contributed by atoms with Crippen molar-refractivity contribution < 1.29 is 45.4 Å². The molecule has 0 saturated carbocycles. The molecule has 0 atom stereocenters. The van der Waals surface area contributed by atoms with Gasteiger partial charge >= 0.3 is 18.4 Å². The number of ether oxygens (including phenoxy) is 2. The average Bonchev–Trinajstić information content (AvgIpc) is 2.92. The predicted molar refractivity (Wildman–Crippen MR) is 134 cm³/mol. The van der Waals surface area contributed by atoms with Crippen LogP contribution in [0.5, 0.6) is 5.75 Å². The Kier molecular flexibility index (Phi) is 8.19. The van der Waals surface area contributed by atoms with Crippen molar-refractivity contribution in [2.45, 2.75) is 12.4 Å². The Labute approximate surface area is 224 Å². The van der Waals surface area contributed by atoms with Gasteiger partial charge in [-0.25, -0.2) is 4.79 Å². The number of rotatable bonds is 5. The molecule has 210 valence electrons. The van der Waals surface area contributed by atoms with Gasteiger partial charge in [0, 0.05) is 18.8 Å². The normalized spacial score (nSPS) is 14.0. The zero-order valence-electron chi connectivity index (χ0n) is 20.7. The predicted octanol–water partition coefficient (Wildman–Crippen LogP) is 6.87. The summed E-state index contributed by atoms with van der Waals surface area (Å²) in [7, 11) is 0. The molecule has 1 saturated heterocycles. The minimum atomic E-state index is -5.10. The van der Waals surface area contributed by atoms with E-state index in [9.17, 15) is 35.9 Å². The number of amides is 2. The molecular weight excluding hydrogens is 542 g/mol. The Hall–Kier alpha value is -4.32. The molecule has 0 aromatic heterocycles. The van der Waals surface area contributed by atoms with E-state index in [-0.39, 0.29) is 43.7 Å². The molecule has 0 aliphatic carbocycles. The van der Waals surface area contributed by atoms with E-state index in [1.165, 1.54) is 23.1 Å². The van der Waals surface area contributed by atoms with Crippen LogP contribution in [0.15, 0.2) is 73.3 Å². The highest BCUT2D eigenvalue weighted by atomic mass is 19.4. The third-order valence-corrected chi connectivity index (χ3v) is 6.01. The van der Waals surface area contributed by atoms with Gasteiger partial charge in [0.2, 0.25) is 0 Å². The number of anilines is 1. The highest BCUT2D eigenvalue weighted by Crippen LogP contribution is 2.38. The Morgan fingerprint density at radius 1 is 0.825 bits per heavy atom. The van der Waals surface area contributed by atoms with Gasteiger partial charge in [-0.2, -0.15) is 26.3 Å². The molecule has 40 heavy (non-hydrogen) atoms. The standard InChI is InChI=1S/C28H22F6N2O4/c1-17(18-5-3-2-4-6-18)19-7-8-24(40-26(38)36-9-11-39-12-10-36)23(13-19)25(37)35-22-15-20(27(29,30)31)14-21(16-22)28(32,33)34/h2-8,13-16H,1,9-12H2,(H,35,37). The quantitative estimate of drug-likeness (QED) is 0.344. The number of nitrogens with zero attached hydrogens (tertiary/aromatic N) is 1. The van der Waals surface area contributed by atoms with E-state index < -0.39 is 41.2 Å². The Balaban J connectivity index is 1.72. The summed E-state index contributed by atoms with van der Waals surface area (Å²) >= 11 is 0. The smallest absolute Gasteiger partial charge is 0.409 e. The molecule has 1 fully saturated rings. The lowest BCUT2D eigenvalue weighted by molar-refractivity contribution is -0.143. The van der Waals surface area contributed by atoms with Gasteiger partial charge in [0.05, 0.1) is 29.9 Å². The van der Waals surface area contributed by atoms with Gasteiger partial charge in [-0.1, -0.05) is 43.0 Å². The molecule has 12 heteroatoms. The van der Waals surface area contributed by atoms with Crippen LogP contribution in [-0.2, 0) is 17.1 Å². The lowest BCUT2D eigenvalue weighted by atomic mass is 9.97. The second kappa shape index (κ2) is 11.4. The molecule has 0 unspecified atom stereocenters. The molecule has 0 spiro atoms. The lowest BCUT2D eigenvalue weighted by Gasteiger charge is -2.26. The summed E-state index contributed by atoms with van der Waals surface area (Å²) in [6.07, 6.45) is -11.0.